The van der Waals surface area contributed by atoms with Gasteiger partial charge in [-0.25, -0.2) is 0 Å². The second kappa shape index (κ2) is 7.60. The van der Waals surface area contributed by atoms with Crippen LogP contribution in [0, 0.1) is 0 Å². The molecule has 1 rings (SSSR count). The first-order valence-corrected chi connectivity index (χ1v) is 5.65. The Balaban J connectivity index is 2.10. The van der Waals surface area contributed by atoms with Crippen LogP contribution in [0.25, 0.3) is 0 Å². The number of aldehydes is 1. The molecule has 3 nitrogen and oxygen atoms in total. The van der Waals surface area contributed by atoms with E-state index in [4.69, 9.17) is 9.47 Å². The summed E-state index contributed by atoms with van der Waals surface area (Å²) in [5.74, 6) is 0. The Morgan fingerprint density at radius 3 is 3.07 bits per heavy atom. The molecule has 1 aliphatic rings. The van der Waals surface area contributed by atoms with Crippen molar-refractivity contribution in [2.45, 2.75) is 45.3 Å². The highest BCUT2D eigenvalue weighted by molar-refractivity contribution is 5.49. The summed E-state index contributed by atoms with van der Waals surface area (Å²) in [5, 5.41) is 0. The van der Waals surface area contributed by atoms with Crippen LogP contribution >= 0.6 is 0 Å². The molecule has 86 valence electrons. The fourth-order valence-electron chi connectivity index (χ4n) is 1.53. The van der Waals surface area contributed by atoms with E-state index >= 15 is 0 Å². The van der Waals surface area contributed by atoms with Crippen molar-refractivity contribution in [3.8, 4) is 0 Å². The molecule has 1 atom stereocenters. The summed E-state index contributed by atoms with van der Waals surface area (Å²) in [5.41, 5.74) is 1.21. The normalized spacial score (nSPS) is 22.7. The summed E-state index contributed by atoms with van der Waals surface area (Å²) >= 11 is 0. The lowest BCUT2D eigenvalue weighted by Crippen LogP contribution is -2.22. The quantitative estimate of drug-likeness (QED) is 0.501. The van der Waals surface area contributed by atoms with Gasteiger partial charge in [0.15, 0.2) is 6.29 Å². The largest absolute Gasteiger partial charge is 0.353 e. The molecule has 0 amide bonds. The lowest BCUT2D eigenvalue weighted by atomic mass is 10.2. The zero-order chi connectivity index (χ0) is 10.9. The first-order chi connectivity index (χ1) is 7.33. The maximum atomic E-state index is 10.2. The molecule has 1 aliphatic heterocycles. The maximum absolute atomic E-state index is 10.2. The lowest BCUT2D eigenvalue weighted by Gasteiger charge is -2.22. The summed E-state index contributed by atoms with van der Waals surface area (Å²) in [6, 6.07) is 0. The molecule has 1 unspecified atom stereocenters. The molecule has 0 radical (unpaired) electrons. The van der Waals surface area contributed by atoms with Crippen LogP contribution in [0.3, 0.4) is 0 Å². The first kappa shape index (κ1) is 12.4. The summed E-state index contributed by atoms with van der Waals surface area (Å²) in [6.45, 7) is 3.43. The maximum Gasteiger partial charge on any atom is 0.157 e. The van der Waals surface area contributed by atoms with Crippen LogP contribution in [0.15, 0.2) is 11.6 Å². The van der Waals surface area contributed by atoms with Crippen molar-refractivity contribution >= 4 is 6.29 Å². The molecule has 0 aromatic carbocycles. The fraction of sp³-hybridized carbons (Fsp3) is 0.750. The second-order valence-corrected chi connectivity index (χ2v) is 3.89. The van der Waals surface area contributed by atoms with Crippen molar-refractivity contribution in [1.29, 1.82) is 0 Å². The minimum absolute atomic E-state index is 0.0196. The number of rotatable bonds is 6. The van der Waals surface area contributed by atoms with Crippen LogP contribution < -0.4 is 0 Å². The number of hydrogen-bond acceptors (Lipinski definition) is 3. The molecular formula is C12H20O3. The number of hydrogen-bond donors (Lipinski definition) is 0. The lowest BCUT2D eigenvalue weighted by molar-refractivity contribution is -0.155. The highest BCUT2D eigenvalue weighted by Crippen LogP contribution is 2.13. The predicted molar refractivity (Wildman–Crippen MR) is 58.6 cm³/mol. The number of ether oxygens (including phenoxy) is 2. The molecule has 1 saturated heterocycles. The van der Waals surface area contributed by atoms with Crippen molar-refractivity contribution < 1.29 is 14.3 Å². The minimum atomic E-state index is -0.0196. The van der Waals surface area contributed by atoms with Gasteiger partial charge in [-0.1, -0.05) is 11.6 Å². The average molecular weight is 212 g/mol. The Morgan fingerprint density at radius 2 is 2.40 bits per heavy atom. The zero-order valence-electron chi connectivity index (χ0n) is 9.41. The van der Waals surface area contributed by atoms with Gasteiger partial charge in [0, 0.05) is 13.0 Å². The van der Waals surface area contributed by atoms with Gasteiger partial charge in [0.05, 0.1) is 6.61 Å². The molecule has 0 bridgehead atoms. The second-order valence-electron chi connectivity index (χ2n) is 3.89. The number of carbonyl (C=O) groups excluding carboxylic acids is 1. The van der Waals surface area contributed by atoms with E-state index in [1.807, 2.05) is 13.0 Å². The fourth-order valence-corrected chi connectivity index (χ4v) is 1.53. The predicted octanol–water partition coefficient (Wildman–Crippen LogP) is 2.46. The summed E-state index contributed by atoms with van der Waals surface area (Å²) in [6.07, 6.45) is 7.73. The Kier molecular flexibility index (Phi) is 6.28. The van der Waals surface area contributed by atoms with Crippen LogP contribution in [0.4, 0.5) is 0 Å². The van der Waals surface area contributed by atoms with Gasteiger partial charge in [0.1, 0.15) is 6.29 Å². The van der Waals surface area contributed by atoms with Crippen LogP contribution in [0.1, 0.15) is 39.0 Å². The SMILES string of the molecule is CC(=CCOC1CCCCO1)CCC=O. The molecule has 15 heavy (non-hydrogen) atoms. The molecule has 0 aromatic heterocycles. The van der Waals surface area contributed by atoms with Gasteiger partial charge >= 0.3 is 0 Å². The van der Waals surface area contributed by atoms with Crippen LogP contribution in [-0.4, -0.2) is 25.8 Å². The molecule has 0 N–H and O–H groups in total. The highest BCUT2D eigenvalue weighted by Gasteiger charge is 2.12. The third-order valence-electron chi connectivity index (χ3n) is 2.51. The first-order valence-electron chi connectivity index (χ1n) is 5.65. The van der Waals surface area contributed by atoms with E-state index in [1.54, 1.807) is 0 Å². The number of carbonyl (C=O) groups is 1. The van der Waals surface area contributed by atoms with Crippen LogP contribution in [-0.2, 0) is 14.3 Å². The highest BCUT2D eigenvalue weighted by atomic mass is 16.7. The van der Waals surface area contributed by atoms with Crippen molar-refractivity contribution in [1.82, 2.24) is 0 Å². The van der Waals surface area contributed by atoms with Gasteiger partial charge < -0.3 is 14.3 Å². The van der Waals surface area contributed by atoms with E-state index in [0.717, 1.165) is 32.2 Å². The topological polar surface area (TPSA) is 35.5 Å². The minimum Gasteiger partial charge on any atom is -0.353 e. The summed E-state index contributed by atoms with van der Waals surface area (Å²) < 4.78 is 11.0. The zero-order valence-corrected chi connectivity index (χ0v) is 9.41. The Bertz CT molecular complexity index is 205. The third kappa shape index (κ3) is 5.70. The molecule has 0 aromatic rings. The monoisotopic (exact) mass is 212 g/mol. The molecule has 0 aliphatic carbocycles. The van der Waals surface area contributed by atoms with Gasteiger partial charge in [-0.3, -0.25) is 0 Å². The van der Waals surface area contributed by atoms with E-state index in [9.17, 15) is 4.79 Å². The molecule has 1 heterocycles. The van der Waals surface area contributed by atoms with Gasteiger partial charge in [0.2, 0.25) is 0 Å². The van der Waals surface area contributed by atoms with Gasteiger partial charge in [-0.2, -0.15) is 0 Å². The van der Waals surface area contributed by atoms with E-state index in [1.165, 1.54) is 12.0 Å². The van der Waals surface area contributed by atoms with Crippen molar-refractivity contribution in [3.63, 3.8) is 0 Å². The number of allylic oxidation sites excluding steroid dienone is 1. The standard InChI is InChI=1S/C12H20O3/c1-11(5-4-8-13)7-10-15-12-6-2-3-9-14-12/h7-8,12H,2-6,9-10H2,1H3. The van der Waals surface area contributed by atoms with Crippen molar-refractivity contribution in [2.75, 3.05) is 13.2 Å². The van der Waals surface area contributed by atoms with Crippen LogP contribution in [0.2, 0.25) is 0 Å². The molecule has 0 saturated carbocycles. The average Bonchev–Trinajstić information content (AvgIpc) is 2.28. The Hall–Kier alpha value is -0.670. The summed E-state index contributed by atoms with van der Waals surface area (Å²) in [7, 11) is 0. The molecular weight excluding hydrogens is 192 g/mol. The van der Waals surface area contributed by atoms with Gasteiger partial charge in [0.25, 0.3) is 0 Å². The van der Waals surface area contributed by atoms with E-state index < -0.39 is 0 Å². The summed E-state index contributed by atoms with van der Waals surface area (Å²) in [4.78, 5) is 10.2. The third-order valence-corrected chi connectivity index (χ3v) is 2.51. The van der Waals surface area contributed by atoms with E-state index in [2.05, 4.69) is 0 Å². The van der Waals surface area contributed by atoms with Crippen molar-refractivity contribution in [2.24, 2.45) is 0 Å². The van der Waals surface area contributed by atoms with Gasteiger partial charge in [-0.05, 0) is 32.6 Å². The Morgan fingerprint density at radius 1 is 1.53 bits per heavy atom. The van der Waals surface area contributed by atoms with E-state index in [0.29, 0.717) is 13.0 Å². The smallest absolute Gasteiger partial charge is 0.157 e. The molecule has 3 heteroatoms. The Labute approximate surface area is 91.4 Å². The van der Waals surface area contributed by atoms with Gasteiger partial charge in [-0.15, -0.1) is 0 Å². The van der Waals surface area contributed by atoms with Crippen molar-refractivity contribution in [3.05, 3.63) is 11.6 Å². The molecule has 0 spiro atoms. The van der Waals surface area contributed by atoms with E-state index in [-0.39, 0.29) is 6.29 Å². The molecule has 1 fully saturated rings. The van der Waals surface area contributed by atoms with Crippen LogP contribution in [0.5, 0.6) is 0 Å².